The Morgan fingerprint density at radius 3 is 2.67 bits per heavy atom. The second-order valence-corrected chi connectivity index (χ2v) is 5.06. The highest BCUT2D eigenvalue weighted by Crippen LogP contribution is 2.19. The van der Waals surface area contributed by atoms with E-state index < -0.39 is 4.92 Å². The van der Waals surface area contributed by atoms with Crippen molar-refractivity contribution in [3.8, 4) is 0 Å². The fraction of sp³-hybridized carbons (Fsp3) is 0.250. The summed E-state index contributed by atoms with van der Waals surface area (Å²) in [5.74, 6) is 0. The first-order chi connectivity index (χ1) is 8.69. The molecular weight excluding hydrogens is 250 g/mol. The van der Waals surface area contributed by atoms with Gasteiger partial charge in [0.05, 0.1) is 9.93 Å². The van der Waals surface area contributed by atoms with Crippen LogP contribution in [-0.4, -0.2) is 16.5 Å². The Morgan fingerprint density at radius 1 is 1.33 bits per heavy atom. The molecule has 0 atom stereocenters. The zero-order valence-electron chi connectivity index (χ0n) is 9.70. The highest BCUT2D eigenvalue weighted by Gasteiger charge is 2.06. The van der Waals surface area contributed by atoms with Crippen LogP contribution in [-0.2, 0) is 12.8 Å². The molecule has 0 saturated heterocycles. The van der Waals surface area contributed by atoms with Crippen molar-refractivity contribution in [2.75, 3.05) is 6.54 Å². The van der Waals surface area contributed by atoms with Gasteiger partial charge in [-0.3, -0.25) is 10.1 Å². The van der Waals surface area contributed by atoms with Crippen LogP contribution in [0.3, 0.4) is 0 Å². The third kappa shape index (κ3) is 3.12. The summed E-state index contributed by atoms with van der Waals surface area (Å²) in [5, 5.41) is 11.6. The van der Waals surface area contributed by atoms with Crippen LogP contribution in [0, 0.1) is 10.1 Å². The Hall–Kier alpha value is -1.79. The van der Waals surface area contributed by atoms with Crippen LogP contribution in [0.4, 0.5) is 5.69 Å². The van der Waals surface area contributed by atoms with Crippen LogP contribution in [0.15, 0.2) is 30.5 Å². The maximum atomic E-state index is 10.5. The summed E-state index contributed by atoms with van der Waals surface area (Å²) >= 11 is 1.64. The first kappa shape index (κ1) is 12.7. The molecule has 0 saturated carbocycles. The molecule has 1 aromatic heterocycles. The molecule has 0 fully saturated rings. The molecule has 0 radical (unpaired) electrons. The van der Waals surface area contributed by atoms with Gasteiger partial charge in [-0.2, -0.15) is 0 Å². The lowest BCUT2D eigenvalue weighted by Crippen LogP contribution is -2.01. The van der Waals surface area contributed by atoms with Gasteiger partial charge in [0.25, 0.3) is 5.69 Å². The average molecular weight is 263 g/mol. The van der Waals surface area contributed by atoms with Gasteiger partial charge in [0, 0.05) is 36.0 Å². The van der Waals surface area contributed by atoms with Crippen molar-refractivity contribution in [2.45, 2.75) is 12.8 Å². The number of non-ortho nitro benzene ring substituents is 1. The Balaban J connectivity index is 2.06. The SMILES string of the molecule is NCCc1ncc(Cc2ccc([N+](=O)[O-])cc2)s1. The van der Waals surface area contributed by atoms with Crippen molar-refractivity contribution in [2.24, 2.45) is 5.73 Å². The van der Waals surface area contributed by atoms with Crippen LogP contribution in [0.2, 0.25) is 0 Å². The zero-order valence-corrected chi connectivity index (χ0v) is 10.5. The number of thiazole rings is 1. The maximum Gasteiger partial charge on any atom is 0.269 e. The minimum atomic E-state index is -0.393. The third-order valence-electron chi connectivity index (χ3n) is 2.49. The van der Waals surface area contributed by atoms with Crippen LogP contribution in [0.5, 0.6) is 0 Å². The van der Waals surface area contributed by atoms with Crippen molar-refractivity contribution in [1.82, 2.24) is 4.98 Å². The normalized spacial score (nSPS) is 10.5. The van der Waals surface area contributed by atoms with E-state index in [2.05, 4.69) is 4.98 Å². The standard InChI is InChI=1S/C12H13N3O2S/c13-6-5-12-14-8-11(18-12)7-9-1-3-10(4-2-9)15(16)17/h1-4,8H,5-7,13H2. The van der Waals surface area contributed by atoms with Gasteiger partial charge in [0.1, 0.15) is 0 Å². The molecule has 0 aliphatic rings. The Labute approximate surface area is 108 Å². The summed E-state index contributed by atoms with van der Waals surface area (Å²) in [5.41, 5.74) is 6.63. The Kier molecular flexibility index (Phi) is 4.01. The molecule has 0 amide bonds. The molecule has 0 unspecified atom stereocenters. The molecule has 94 valence electrons. The van der Waals surface area contributed by atoms with Crippen LogP contribution in [0.25, 0.3) is 0 Å². The van der Waals surface area contributed by atoms with E-state index in [4.69, 9.17) is 5.73 Å². The summed E-state index contributed by atoms with van der Waals surface area (Å²) in [6.45, 7) is 0.602. The molecule has 0 aliphatic heterocycles. The van der Waals surface area contributed by atoms with Crippen molar-refractivity contribution in [3.05, 3.63) is 56.0 Å². The van der Waals surface area contributed by atoms with E-state index >= 15 is 0 Å². The molecule has 18 heavy (non-hydrogen) atoms. The number of aromatic nitrogens is 1. The average Bonchev–Trinajstić information content (AvgIpc) is 2.78. The molecule has 1 heterocycles. The number of hydrogen-bond donors (Lipinski definition) is 1. The highest BCUT2D eigenvalue weighted by molar-refractivity contribution is 7.11. The first-order valence-corrected chi connectivity index (χ1v) is 6.37. The number of benzene rings is 1. The number of nitrogens with zero attached hydrogens (tertiary/aromatic N) is 2. The largest absolute Gasteiger partial charge is 0.330 e. The van der Waals surface area contributed by atoms with Gasteiger partial charge in [-0.15, -0.1) is 11.3 Å². The second-order valence-electron chi connectivity index (χ2n) is 3.86. The molecule has 0 spiro atoms. The molecule has 2 aromatic rings. The van der Waals surface area contributed by atoms with Gasteiger partial charge in [0.15, 0.2) is 0 Å². The minimum absolute atomic E-state index is 0.117. The fourth-order valence-electron chi connectivity index (χ4n) is 1.61. The van der Waals surface area contributed by atoms with Crippen LogP contribution in [0.1, 0.15) is 15.4 Å². The Morgan fingerprint density at radius 2 is 2.06 bits per heavy atom. The lowest BCUT2D eigenvalue weighted by molar-refractivity contribution is -0.384. The summed E-state index contributed by atoms with van der Waals surface area (Å²) in [6.07, 6.45) is 3.39. The number of nitro benzene ring substituents is 1. The van der Waals surface area contributed by atoms with Gasteiger partial charge in [0.2, 0.25) is 0 Å². The molecule has 1 aromatic carbocycles. The molecule has 5 nitrogen and oxygen atoms in total. The fourth-order valence-corrected chi connectivity index (χ4v) is 2.58. The van der Waals surface area contributed by atoms with Crippen molar-refractivity contribution in [3.63, 3.8) is 0 Å². The predicted octanol–water partition coefficient (Wildman–Crippen LogP) is 2.14. The number of nitro groups is 1. The highest BCUT2D eigenvalue weighted by atomic mass is 32.1. The molecule has 2 N–H and O–H groups in total. The van der Waals surface area contributed by atoms with E-state index in [1.807, 2.05) is 6.20 Å². The predicted molar refractivity (Wildman–Crippen MR) is 70.8 cm³/mol. The lowest BCUT2D eigenvalue weighted by Gasteiger charge is -1.97. The van der Waals surface area contributed by atoms with Gasteiger partial charge < -0.3 is 5.73 Å². The van der Waals surface area contributed by atoms with Crippen molar-refractivity contribution in [1.29, 1.82) is 0 Å². The van der Waals surface area contributed by atoms with E-state index in [1.165, 1.54) is 12.1 Å². The van der Waals surface area contributed by atoms with Crippen molar-refractivity contribution >= 4 is 17.0 Å². The summed E-state index contributed by atoms with van der Waals surface area (Å²) in [7, 11) is 0. The van der Waals surface area contributed by atoms with E-state index in [1.54, 1.807) is 23.5 Å². The van der Waals surface area contributed by atoms with Gasteiger partial charge in [-0.05, 0) is 12.1 Å². The summed E-state index contributed by atoms with van der Waals surface area (Å²) < 4.78 is 0. The third-order valence-corrected chi connectivity index (χ3v) is 3.54. The van der Waals surface area contributed by atoms with Crippen molar-refractivity contribution < 1.29 is 4.92 Å². The van der Waals surface area contributed by atoms with Crippen LogP contribution >= 0.6 is 11.3 Å². The quantitative estimate of drug-likeness (QED) is 0.662. The van der Waals surface area contributed by atoms with E-state index in [9.17, 15) is 10.1 Å². The van der Waals surface area contributed by atoms with Gasteiger partial charge in [-0.1, -0.05) is 12.1 Å². The molecular formula is C12H13N3O2S. The number of nitrogens with two attached hydrogens (primary N) is 1. The number of hydrogen-bond acceptors (Lipinski definition) is 5. The first-order valence-electron chi connectivity index (χ1n) is 5.56. The Bertz CT molecular complexity index is 537. The van der Waals surface area contributed by atoms with E-state index in [-0.39, 0.29) is 5.69 Å². The minimum Gasteiger partial charge on any atom is -0.330 e. The summed E-state index contributed by atoms with van der Waals surface area (Å²) in [6, 6.07) is 6.61. The maximum absolute atomic E-state index is 10.5. The molecule has 0 bridgehead atoms. The molecule has 2 rings (SSSR count). The second kappa shape index (κ2) is 5.70. The topological polar surface area (TPSA) is 82.0 Å². The van der Waals surface area contributed by atoms with E-state index in [0.717, 1.165) is 28.3 Å². The van der Waals surface area contributed by atoms with Gasteiger partial charge >= 0.3 is 0 Å². The number of rotatable bonds is 5. The van der Waals surface area contributed by atoms with Crippen LogP contribution < -0.4 is 5.73 Å². The smallest absolute Gasteiger partial charge is 0.269 e. The van der Waals surface area contributed by atoms with E-state index in [0.29, 0.717) is 6.54 Å². The summed E-state index contributed by atoms with van der Waals surface area (Å²) in [4.78, 5) is 15.6. The van der Waals surface area contributed by atoms with Gasteiger partial charge in [-0.25, -0.2) is 4.98 Å². The zero-order chi connectivity index (χ0) is 13.0. The lowest BCUT2D eigenvalue weighted by atomic mass is 10.1. The molecule has 6 heteroatoms. The molecule has 0 aliphatic carbocycles. The monoisotopic (exact) mass is 263 g/mol.